The Labute approximate surface area is 153 Å². The highest BCUT2D eigenvalue weighted by Crippen LogP contribution is 2.30. The molecule has 1 saturated heterocycles. The van der Waals surface area contributed by atoms with E-state index in [0.29, 0.717) is 6.54 Å². The summed E-state index contributed by atoms with van der Waals surface area (Å²) in [7, 11) is 1.67. The molecule has 1 N–H and O–H groups in total. The zero-order valence-corrected chi connectivity index (χ0v) is 14.9. The SMILES string of the molecule is COc1cccc2cc(C(=O)N3CCNCC3)n(Cc3ccccc3)c12. The molecule has 0 aliphatic carbocycles. The van der Waals surface area contributed by atoms with Crippen LogP contribution in [0.5, 0.6) is 5.75 Å². The number of fused-ring (bicyclic) bond motifs is 1. The number of nitrogens with one attached hydrogen (secondary N) is 1. The van der Waals surface area contributed by atoms with E-state index in [2.05, 4.69) is 22.0 Å². The lowest BCUT2D eigenvalue weighted by atomic mass is 10.2. The van der Waals surface area contributed by atoms with E-state index >= 15 is 0 Å². The first-order valence-corrected chi connectivity index (χ1v) is 8.98. The Kier molecular flexibility index (Phi) is 4.63. The molecular formula is C21H23N3O2. The van der Waals surface area contributed by atoms with Crippen LogP contribution in [0.2, 0.25) is 0 Å². The third kappa shape index (κ3) is 3.06. The van der Waals surface area contributed by atoms with Crippen molar-refractivity contribution in [2.45, 2.75) is 6.54 Å². The van der Waals surface area contributed by atoms with Crippen LogP contribution in [-0.2, 0) is 6.54 Å². The molecule has 1 amide bonds. The van der Waals surface area contributed by atoms with E-state index < -0.39 is 0 Å². The van der Waals surface area contributed by atoms with Crippen LogP contribution in [0.15, 0.2) is 54.6 Å². The minimum Gasteiger partial charge on any atom is -0.495 e. The van der Waals surface area contributed by atoms with Crippen LogP contribution in [0.1, 0.15) is 16.1 Å². The summed E-state index contributed by atoms with van der Waals surface area (Å²) in [6.07, 6.45) is 0. The highest BCUT2D eigenvalue weighted by atomic mass is 16.5. The number of hydrogen-bond donors (Lipinski definition) is 1. The predicted molar refractivity (Wildman–Crippen MR) is 103 cm³/mol. The number of nitrogens with zero attached hydrogens (tertiary/aromatic N) is 2. The zero-order valence-electron chi connectivity index (χ0n) is 14.9. The minimum atomic E-state index is 0.0840. The Balaban J connectivity index is 1.83. The van der Waals surface area contributed by atoms with Gasteiger partial charge in [-0.1, -0.05) is 42.5 Å². The van der Waals surface area contributed by atoms with E-state index in [1.807, 2.05) is 47.4 Å². The van der Waals surface area contributed by atoms with Crippen LogP contribution in [0, 0.1) is 0 Å². The topological polar surface area (TPSA) is 46.5 Å². The van der Waals surface area contributed by atoms with Crippen molar-refractivity contribution in [2.24, 2.45) is 0 Å². The maximum atomic E-state index is 13.2. The first-order valence-electron chi connectivity index (χ1n) is 8.98. The first-order chi connectivity index (χ1) is 12.8. The van der Waals surface area contributed by atoms with Crippen LogP contribution >= 0.6 is 0 Å². The largest absolute Gasteiger partial charge is 0.495 e. The van der Waals surface area contributed by atoms with E-state index in [1.54, 1.807) is 7.11 Å². The first kappa shape index (κ1) is 16.7. The maximum Gasteiger partial charge on any atom is 0.270 e. The summed E-state index contributed by atoms with van der Waals surface area (Å²) in [4.78, 5) is 15.1. The molecule has 4 rings (SSSR count). The highest BCUT2D eigenvalue weighted by molar-refractivity contribution is 6.00. The highest BCUT2D eigenvalue weighted by Gasteiger charge is 2.24. The second kappa shape index (κ2) is 7.22. The predicted octanol–water partition coefficient (Wildman–Crippen LogP) is 2.74. The van der Waals surface area contributed by atoms with Crippen LogP contribution in [0.25, 0.3) is 10.9 Å². The lowest BCUT2D eigenvalue weighted by Crippen LogP contribution is -2.46. The summed E-state index contributed by atoms with van der Waals surface area (Å²) in [5.41, 5.74) is 2.85. The molecule has 1 aromatic heterocycles. The molecule has 134 valence electrons. The molecule has 0 spiro atoms. The average molecular weight is 349 g/mol. The van der Waals surface area contributed by atoms with Crippen LogP contribution in [-0.4, -0.2) is 48.7 Å². The monoisotopic (exact) mass is 349 g/mol. The number of rotatable bonds is 4. The summed E-state index contributed by atoms with van der Waals surface area (Å²) < 4.78 is 7.68. The number of amides is 1. The average Bonchev–Trinajstić information content (AvgIpc) is 3.07. The van der Waals surface area contributed by atoms with E-state index in [-0.39, 0.29) is 5.91 Å². The minimum absolute atomic E-state index is 0.0840. The Hall–Kier alpha value is -2.79. The van der Waals surface area contributed by atoms with Gasteiger partial charge in [0, 0.05) is 38.1 Å². The molecule has 0 bridgehead atoms. The summed E-state index contributed by atoms with van der Waals surface area (Å²) >= 11 is 0. The van der Waals surface area contributed by atoms with Crippen LogP contribution < -0.4 is 10.1 Å². The molecule has 1 aliphatic rings. The molecule has 26 heavy (non-hydrogen) atoms. The lowest BCUT2D eigenvalue weighted by molar-refractivity contribution is 0.0726. The number of methoxy groups -OCH3 is 1. The standard InChI is InChI=1S/C21H23N3O2/c1-26-19-9-5-8-17-14-18(21(25)23-12-10-22-11-13-23)24(20(17)19)15-16-6-3-2-4-7-16/h2-9,14,22H,10-13,15H2,1H3. The molecule has 2 heterocycles. The summed E-state index contributed by atoms with van der Waals surface area (Å²) in [6.45, 7) is 3.80. The fraction of sp³-hybridized carbons (Fsp3) is 0.286. The molecule has 0 saturated carbocycles. The van der Waals surface area contributed by atoms with Crippen molar-refractivity contribution in [3.05, 3.63) is 65.9 Å². The van der Waals surface area contributed by atoms with Gasteiger partial charge in [-0.2, -0.15) is 0 Å². The number of carbonyl (C=O) groups is 1. The van der Waals surface area contributed by atoms with Crippen molar-refractivity contribution in [3.63, 3.8) is 0 Å². The van der Waals surface area contributed by atoms with E-state index in [0.717, 1.165) is 54.1 Å². The van der Waals surface area contributed by atoms with Gasteiger partial charge in [0.2, 0.25) is 0 Å². The molecule has 5 nitrogen and oxygen atoms in total. The van der Waals surface area contributed by atoms with Gasteiger partial charge in [0.05, 0.1) is 12.6 Å². The van der Waals surface area contributed by atoms with Gasteiger partial charge in [0.1, 0.15) is 11.4 Å². The van der Waals surface area contributed by atoms with Crippen molar-refractivity contribution in [2.75, 3.05) is 33.3 Å². The molecule has 2 aromatic carbocycles. The van der Waals surface area contributed by atoms with Gasteiger partial charge < -0.3 is 19.5 Å². The third-order valence-electron chi connectivity index (χ3n) is 4.91. The molecule has 0 atom stereocenters. The van der Waals surface area contributed by atoms with Crippen molar-refractivity contribution in [3.8, 4) is 5.75 Å². The lowest BCUT2D eigenvalue weighted by Gasteiger charge is -2.28. The molecule has 3 aromatic rings. The molecule has 0 unspecified atom stereocenters. The van der Waals surface area contributed by atoms with Gasteiger partial charge in [0.15, 0.2) is 0 Å². The molecule has 1 fully saturated rings. The third-order valence-corrected chi connectivity index (χ3v) is 4.91. The molecule has 0 radical (unpaired) electrons. The Morgan fingerprint density at radius 1 is 1.08 bits per heavy atom. The smallest absolute Gasteiger partial charge is 0.270 e. The number of para-hydroxylation sites is 1. The normalized spacial score (nSPS) is 14.6. The van der Waals surface area contributed by atoms with E-state index in [1.165, 1.54) is 0 Å². The quantitative estimate of drug-likeness (QED) is 0.788. The Morgan fingerprint density at radius 2 is 1.85 bits per heavy atom. The van der Waals surface area contributed by atoms with Gasteiger partial charge in [-0.05, 0) is 17.7 Å². The number of hydrogen-bond acceptors (Lipinski definition) is 3. The summed E-state index contributed by atoms with van der Waals surface area (Å²) in [5.74, 6) is 0.874. The van der Waals surface area contributed by atoms with Crippen molar-refractivity contribution >= 4 is 16.8 Å². The van der Waals surface area contributed by atoms with E-state index in [4.69, 9.17) is 4.74 Å². The van der Waals surface area contributed by atoms with Gasteiger partial charge in [0.25, 0.3) is 5.91 Å². The second-order valence-electron chi connectivity index (χ2n) is 6.54. The van der Waals surface area contributed by atoms with Crippen molar-refractivity contribution < 1.29 is 9.53 Å². The van der Waals surface area contributed by atoms with Gasteiger partial charge in [-0.3, -0.25) is 4.79 Å². The van der Waals surface area contributed by atoms with Gasteiger partial charge in [-0.15, -0.1) is 0 Å². The van der Waals surface area contributed by atoms with Crippen molar-refractivity contribution in [1.82, 2.24) is 14.8 Å². The number of carbonyl (C=O) groups excluding carboxylic acids is 1. The van der Waals surface area contributed by atoms with Crippen LogP contribution in [0.3, 0.4) is 0 Å². The van der Waals surface area contributed by atoms with Crippen molar-refractivity contribution in [1.29, 1.82) is 0 Å². The van der Waals surface area contributed by atoms with E-state index in [9.17, 15) is 4.79 Å². The molecule has 5 heteroatoms. The molecular weight excluding hydrogens is 326 g/mol. The zero-order chi connectivity index (χ0) is 17.9. The number of benzene rings is 2. The second-order valence-corrected chi connectivity index (χ2v) is 6.54. The number of aromatic nitrogens is 1. The Bertz CT molecular complexity index is 912. The number of piperazine rings is 1. The summed E-state index contributed by atoms with van der Waals surface area (Å²) in [6, 6.07) is 18.2. The maximum absolute atomic E-state index is 13.2. The molecule has 1 aliphatic heterocycles. The Morgan fingerprint density at radius 3 is 2.58 bits per heavy atom. The van der Waals surface area contributed by atoms with Gasteiger partial charge in [-0.25, -0.2) is 0 Å². The fourth-order valence-electron chi connectivity index (χ4n) is 3.59. The summed E-state index contributed by atoms with van der Waals surface area (Å²) in [5, 5.41) is 4.33. The van der Waals surface area contributed by atoms with Crippen LogP contribution in [0.4, 0.5) is 0 Å². The van der Waals surface area contributed by atoms with Gasteiger partial charge >= 0.3 is 0 Å². The fourth-order valence-corrected chi connectivity index (χ4v) is 3.59. The number of ether oxygens (including phenoxy) is 1.